The predicted octanol–water partition coefficient (Wildman–Crippen LogP) is 0.969. The highest BCUT2D eigenvalue weighted by Gasteiger charge is 2.35. The number of likely N-dealkylation sites (N-methyl/N-ethyl adjacent to an activating group) is 1. The van der Waals surface area contributed by atoms with E-state index in [1.807, 2.05) is 12.2 Å². The molecule has 0 radical (unpaired) electrons. The summed E-state index contributed by atoms with van der Waals surface area (Å²) in [6, 6.07) is -2.97. The van der Waals surface area contributed by atoms with Crippen LogP contribution in [0.4, 0.5) is 13.2 Å². The number of rotatable bonds is 5. The Balaban J connectivity index is 2.09. The van der Waals surface area contributed by atoms with E-state index in [1.54, 1.807) is 7.05 Å². The van der Waals surface area contributed by atoms with Crippen LogP contribution in [-0.4, -0.2) is 54.5 Å². The third-order valence-electron chi connectivity index (χ3n) is 4.87. The number of alkyl halides is 3. The molecule has 0 spiro atoms. The number of hydrogen-bond acceptors (Lipinski definition) is 4. The van der Waals surface area contributed by atoms with Gasteiger partial charge in [0.2, 0.25) is 11.8 Å². The Hall–Kier alpha value is -2.36. The van der Waals surface area contributed by atoms with Gasteiger partial charge in [0, 0.05) is 13.6 Å². The molecule has 10 heteroatoms. The third-order valence-corrected chi connectivity index (χ3v) is 4.87. The number of allylic oxidation sites excluding steroid dienone is 3. The second-order valence-electron chi connectivity index (χ2n) is 7.17. The Kier molecular flexibility index (Phi) is 6.87. The van der Waals surface area contributed by atoms with Gasteiger partial charge in [-0.1, -0.05) is 12.2 Å². The zero-order valence-corrected chi connectivity index (χ0v) is 15.8. The number of carbonyl (C=O) groups excluding carboxylic acids is 3. The fraction of sp³-hybridized carbons (Fsp3) is 0.611. The van der Waals surface area contributed by atoms with E-state index in [0.29, 0.717) is 6.54 Å². The number of halogens is 3. The Morgan fingerprint density at radius 2 is 2.00 bits per heavy atom. The smallest absolute Gasteiger partial charge is 0.343 e. The summed E-state index contributed by atoms with van der Waals surface area (Å²) < 4.78 is 37.1. The lowest BCUT2D eigenvalue weighted by Gasteiger charge is -2.22. The molecule has 2 aliphatic rings. The summed E-state index contributed by atoms with van der Waals surface area (Å²) in [4.78, 5) is 38.4. The lowest BCUT2D eigenvalue weighted by Crippen LogP contribution is -2.51. The van der Waals surface area contributed by atoms with E-state index in [-0.39, 0.29) is 17.5 Å². The number of nitrogens with one attached hydrogen (secondary N) is 2. The van der Waals surface area contributed by atoms with Crippen LogP contribution in [-0.2, 0) is 14.4 Å². The molecular weight excluding hydrogens is 377 g/mol. The first-order valence-corrected chi connectivity index (χ1v) is 9.09. The van der Waals surface area contributed by atoms with Gasteiger partial charge in [-0.2, -0.15) is 13.2 Å². The quantitative estimate of drug-likeness (QED) is 0.637. The summed E-state index contributed by atoms with van der Waals surface area (Å²) in [5, 5.41) is 4.71. The molecule has 28 heavy (non-hydrogen) atoms. The standard InChI is InChI=1S/C18H25F3N4O3/c1-10(23-16(27)13(22)9-18(19,20)21)15(26)24-14-12-6-4-3-5-11(12)7-8-25(2)17(14)28/h4,6,10-11,13H,3,5,7-9,22H2,1-2H3,(H,23,27)(H,24,26)/t10-,11?,13-/m0/s1. The van der Waals surface area contributed by atoms with Crippen LogP contribution in [0.15, 0.2) is 23.4 Å². The van der Waals surface area contributed by atoms with Crippen LogP contribution < -0.4 is 16.4 Å². The third kappa shape index (κ3) is 5.57. The van der Waals surface area contributed by atoms with Crippen LogP contribution in [0, 0.1) is 5.92 Å². The van der Waals surface area contributed by atoms with Gasteiger partial charge in [0.1, 0.15) is 11.7 Å². The zero-order chi connectivity index (χ0) is 21.1. The lowest BCUT2D eigenvalue weighted by molar-refractivity contribution is -0.147. The first kappa shape index (κ1) is 21.9. The van der Waals surface area contributed by atoms with Gasteiger partial charge in [0.15, 0.2) is 0 Å². The molecule has 4 N–H and O–H groups in total. The van der Waals surface area contributed by atoms with Gasteiger partial charge < -0.3 is 21.3 Å². The molecule has 0 saturated heterocycles. The number of fused-ring (bicyclic) bond motifs is 1. The maximum atomic E-state index is 12.6. The Bertz CT molecular complexity index is 703. The van der Waals surface area contributed by atoms with Crippen LogP contribution in [0.2, 0.25) is 0 Å². The lowest BCUT2D eigenvalue weighted by atomic mass is 9.86. The van der Waals surface area contributed by atoms with Crippen molar-refractivity contribution in [3.63, 3.8) is 0 Å². The number of carbonyl (C=O) groups is 3. The largest absolute Gasteiger partial charge is 0.391 e. The number of nitrogens with zero attached hydrogens (tertiary/aromatic N) is 1. The number of amides is 3. The summed E-state index contributed by atoms with van der Waals surface area (Å²) in [6.45, 7) is 1.87. The highest BCUT2D eigenvalue weighted by Crippen LogP contribution is 2.31. The van der Waals surface area contributed by atoms with Crippen molar-refractivity contribution in [3.05, 3.63) is 23.4 Å². The van der Waals surface area contributed by atoms with Gasteiger partial charge in [0.25, 0.3) is 5.91 Å². The molecule has 0 aromatic heterocycles. The van der Waals surface area contributed by atoms with Crippen molar-refractivity contribution >= 4 is 17.7 Å². The van der Waals surface area contributed by atoms with Gasteiger partial charge in [0.05, 0.1) is 12.5 Å². The molecule has 1 heterocycles. The van der Waals surface area contributed by atoms with Crippen molar-refractivity contribution < 1.29 is 27.6 Å². The maximum absolute atomic E-state index is 12.6. The van der Waals surface area contributed by atoms with Crippen LogP contribution in [0.25, 0.3) is 0 Å². The molecule has 0 fully saturated rings. The molecule has 3 amide bonds. The monoisotopic (exact) mass is 402 g/mol. The second-order valence-corrected chi connectivity index (χ2v) is 7.17. The average Bonchev–Trinajstić information content (AvgIpc) is 2.72. The summed E-state index contributed by atoms with van der Waals surface area (Å²) in [5.74, 6) is -1.99. The fourth-order valence-electron chi connectivity index (χ4n) is 3.24. The van der Waals surface area contributed by atoms with Crippen molar-refractivity contribution in [1.82, 2.24) is 15.5 Å². The first-order chi connectivity index (χ1) is 13.0. The molecule has 2 rings (SSSR count). The summed E-state index contributed by atoms with van der Waals surface area (Å²) in [6.07, 6.45) is 0.204. The summed E-state index contributed by atoms with van der Waals surface area (Å²) in [5.41, 5.74) is 6.12. The highest BCUT2D eigenvalue weighted by molar-refractivity contribution is 6.00. The van der Waals surface area contributed by atoms with E-state index in [2.05, 4.69) is 10.6 Å². The van der Waals surface area contributed by atoms with Gasteiger partial charge in [-0.25, -0.2) is 0 Å². The number of hydrogen-bond donors (Lipinski definition) is 3. The number of nitrogens with two attached hydrogens (primary N) is 1. The van der Waals surface area contributed by atoms with E-state index in [4.69, 9.17) is 5.73 Å². The van der Waals surface area contributed by atoms with E-state index in [0.717, 1.165) is 24.8 Å². The van der Waals surface area contributed by atoms with Crippen molar-refractivity contribution in [2.24, 2.45) is 11.7 Å². The van der Waals surface area contributed by atoms with E-state index < -0.39 is 36.5 Å². The minimum Gasteiger partial charge on any atom is -0.343 e. The van der Waals surface area contributed by atoms with Crippen LogP contribution in [0.1, 0.15) is 32.6 Å². The second kappa shape index (κ2) is 8.76. The van der Waals surface area contributed by atoms with E-state index in [1.165, 1.54) is 11.8 Å². The van der Waals surface area contributed by atoms with Crippen molar-refractivity contribution in [3.8, 4) is 0 Å². The minimum atomic E-state index is -4.59. The highest BCUT2D eigenvalue weighted by atomic mass is 19.4. The molecule has 0 aromatic carbocycles. The average molecular weight is 402 g/mol. The van der Waals surface area contributed by atoms with E-state index in [9.17, 15) is 27.6 Å². The van der Waals surface area contributed by atoms with Gasteiger partial charge in [-0.3, -0.25) is 14.4 Å². The zero-order valence-electron chi connectivity index (χ0n) is 15.8. The molecular formula is C18H25F3N4O3. The maximum Gasteiger partial charge on any atom is 0.391 e. The van der Waals surface area contributed by atoms with Crippen LogP contribution >= 0.6 is 0 Å². The van der Waals surface area contributed by atoms with Gasteiger partial charge in [-0.15, -0.1) is 0 Å². The summed E-state index contributed by atoms with van der Waals surface area (Å²) >= 11 is 0. The predicted molar refractivity (Wildman–Crippen MR) is 95.5 cm³/mol. The Morgan fingerprint density at radius 3 is 2.64 bits per heavy atom. The molecule has 1 aliphatic carbocycles. The first-order valence-electron chi connectivity index (χ1n) is 9.09. The summed E-state index contributed by atoms with van der Waals surface area (Å²) in [7, 11) is 1.64. The molecule has 3 atom stereocenters. The fourth-order valence-corrected chi connectivity index (χ4v) is 3.24. The van der Waals surface area contributed by atoms with Crippen LogP contribution in [0.3, 0.4) is 0 Å². The molecule has 156 valence electrons. The molecule has 1 aliphatic heterocycles. The topological polar surface area (TPSA) is 105 Å². The molecule has 0 aromatic rings. The van der Waals surface area contributed by atoms with E-state index >= 15 is 0 Å². The van der Waals surface area contributed by atoms with Crippen LogP contribution in [0.5, 0.6) is 0 Å². The van der Waals surface area contributed by atoms with Crippen molar-refractivity contribution in [2.75, 3.05) is 13.6 Å². The molecule has 7 nitrogen and oxygen atoms in total. The normalized spacial score (nSPS) is 22.3. The Labute approximate surface area is 161 Å². The van der Waals surface area contributed by atoms with Crippen molar-refractivity contribution in [2.45, 2.75) is 50.9 Å². The van der Waals surface area contributed by atoms with Gasteiger partial charge >= 0.3 is 6.18 Å². The Morgan fingerprint density at radius 1 is 1.32 bits per heavy atom. The molecule has 0 saturated carbocycles. The van der Waals surface area contributed by atoms with Gasteiger partial charge in [-0.05, 0) is 37.7 Å². The minimum absolute atomic E-state index is 0.138. The SMILES string of the molecule is C[C@H](NC(=O)[C@@H](N)CC(F)(F)F)C(=O)NC1=C2C=CCCC2CCN(C)C1=O. The van der Waals surface area contributed by atoms with Crippen molar-refractivity contribution in [1.29, 1.82) is 0 Å². The molecule has 1 unspecified atom stereocenters. The molecule has 0 bridgehead atoms.